The van der Waals surface area contributed by atoms with Gasteiger partial charge in [0.2, 0.25) is 0 Å². The number of rotatable bonds is 5. The molecule has 4 nitrogen and oxygen atoms in total. The van der Waals surface area contributed by atoms with Crippen molar-refractivity contribution in [1.82, 2.24) is 5.32 Å². The van der Waals surface area contributed by atoms with Crippen LogP contribution in [0.15, 0.2) is 42.5 Å². The van der Waals surface area contributed by atoms with Gasteiger partial charge in [-0.15, -0.1) is 12.4 Å². The van der Waals surface area contributed by atoms with Crippen LogP contribution in [0.4, 0.5) is 17.1 Å². The van der Waals surface area contributed by atoms with Gasteiger partial charge < -0.3 is 21.7 Å². The maximum atomic E-state index is 6.01. The third kappa shape index (κ3) is 4.55. The highest BCUT2D eigenvalue weighted by Crippen LogP contribution is 2.23. The first-order valence-electron chi connectivity index (χ1n) is 7.12. The number of halogens is 1. The number of hydrogen-bond donors (Lipinski definition) is 3. The van der Waals surface area contributed by atoms with Gasteiger partial charge in [-0.1, -0.05) is 12.1 Å². The zero-order valence-electron chi connectivity index (χ0n) is 13.3. The van der Waals surface area contributed by atoms with E-state index >= 15 is 0 Å². The molecule has 0 fully saturated rings. The van der Waals surface area contributed by atoms with E-state index in [1.807, 2.05) is 32.3 Å². The second kappa shape index (κ2) is 7.92. The van der Waals surface area contributed by atoms with Gasteiger partial charge in [-0.05, 0) is 48.4 Å². The molecule has 0 heterocycles. The second-order valence-electron chi connectivity index (χ2n) is 5.55. The van der Waals surface area contributed by atoms with E-state index in [-0.39, 0.29) is 18.4 Å². The molecule has 5 heteroatoms. The average molecular weight is 321 g/mol. The first-order chi connectivity index (χ1) is 9.97. The molecule has 1 atom stereocenters. The van der Waals surface area contributed by atoms with Gasteiger partial charge >= 0.3 is 0 Å². The highest BCUT2D eigenvalue weighted by Gasteiger charge is 2.09. The summed E-state index contributed by atoms with van der Waals surface area (Å²) < 4.78 is 0. The standard InChI is InChI=1S/C17H24N4.ClH/c1-12(16-10-14(18)6-9-17(16)19)20-11-13-4-7-15(8-5-13)21(2)3;/h4-10,12,20H,11,18-19H2,1-3H3;1H. The average Bonchev–Trinajstić information content (AvgIpc) is 2.47. The number of benzene rings is 2. The smallest absolute Gasteiger partial charge is 0.0363 e. The van der Waals surface area contributed by atoms with Crippen LogP contribution in [0.2, 0.25) is 0 Å². The molecule has 120 valence electrons. The van der Waals surface area contributed by atoms with Gasteiger partial charge in [0.05, 0.1) is 0 Å². The van der Waals surface area contributed by atoms with E-state index in [2.05, 4.69) is 41.4 Å². The van der Waals surface area contributed by atoms with Crippen LogP contribution in [0, 0.1) is 0 Å². The van der Waals surface area contributed by atoms with Gasteiger partial charge in [0.25, 0.3) is 0 Å². The molecule has 2 rings (SSSR count). The maximum absolute atomic E-state index is 6.01. The lowest BCUT2D eigenvalue weighted by molar-refractivity contribution is 0.576. The molecule has 0 radical (unpaired) electrons. The molecule has 0 aliphatic carbocycles. The summed E-state index contributed by atoms with van der Waals surface area (Å²) in [6, 6.07) is 14.3. The van der Waals surface area contributed by atoms with Crippen LogP contribution in [-0.4, -0.2) is 14.1 Å². The summed E-state index contributed by atoms with van der Waals surface area (Å²) in [5.74, 6) is 0. The van der Waals surface area contributed by atoms with Gasteiger partial charge in [-0.25, -0.2) is 0 Å². The Morgan fingerprint density at radius 1 is 1.05 bits per heavy atom. The molecule has 0 saturated carbocycles. The number of anilines is 3. The van der Waals surface area contributed by atoms with Gasteiger partial charge in [-0.3, -0.25) is 0 Å². The predicted octanol–water partition coefficient (Wildman–Crippen LogP) is 3.19. The Balaban J connectivity index is 0.00000242. The van der Waals surface area contributed by atoms with E-state index < -0.39 is 0 Å². The Bertz CT molecular complexity index is 596. The molecule has 0 aliphatic heterocycles. The summed E-state index contributed by atoms with van der Waals surface area (Å²) in [5, 5.41) is 3.48. The van der Waals surface area contributed by atoms with Crippen molar-refractivity contribution in [2.75, 3.05) is 30.5 Å². The summed E-state index contributed by atoms with van der Waals surface area (Å²) in [7, 11) is 4.08. The fraction of sp³-hybridized carbons (Fsp3) is 0.294. The summed E-state index contributed by atoms with van der Waals surface area (Å²) in [6.07, 6.45) is 0. The minimum absolute atomic E-state index is 0. The molecule has 22 heavy (non-hydrogen) atoms. The molecule has 1 unspecified atom stereocenters. The van der Waals surface area contributed by atoms with E-state index in [9.17, 15) is 0 Å². The Labute approximate surface area is 138 Å². The fourth-order valence-corrected chi connectivity index (χ4v) is 2.26. The molecule has 2 aromatic carbocycles. The number of nitrogen functional groups attached to an aromatic ring is 2. The molecular formula is C17H25ClN4. The molecule has 0 spiro atoms. The lowest BCUT2D eigenvalue weighted by atomic mass is 10.0. The van der Waals surface area contributed by atoms with E-state index in [1.165, 1.54) is 11.3 Å². The summed E-state index contributed by atoms with van der Waals surface area (Å²) in [4.78, 5) is 2.09. The lowest BCUT2D eigenvalue weighted by Crippen LogP contribution is -2.19. The van der Waals surface area contributed by atoms with E-state index in [1.54, 1.807) is 0 Å². The predicted molar refractivity (Wildman–Crippen MR) is 98.5 cm³/mol. The maximum Gasteiger partial charge on any atom is 0.0363 e. The van der Waals surface area contributed by atoms with Crippen LogP contribution in [0.3, 0.4) is 0 Å². The van der Waals surface area contributed by atoms with Crippen LogP contribution in [-0.2, 0) is 6.54 Å². The Morgan fingerprint density at radius 2 is 1.68 bits per heavy atom. The van der Waals surface area contributed by atoms with Gasteiger partial charge in [0, 0.05) is 43.7 Å². The summed E-state index contributed by atoms with van der Waals surface area (Å²) in [6.45, 7) is 2.89. The van der Waals surface area contributed by atoms with Gasteiger partial charge in [0.15, 0.2) is 0 Å². The third-order valence-electron chi connectivity index (χ3n) is 3.64. The van der Waals surface area contributed by atoms with Crippen molar-refractivity contribution in [2.24, 2.45) is 0 Å². The quantitative estimate of drug-likeness (QED) is 0.740. The third-order valence-corrected chi connectivity index (χ3v) is 3.64. The van der Waals surface area contributed by atoms with Crippen LogP contribution >= 0.6 is 12.4 Å². The minimum atomic E-state index is 0. The number of nitrogens with one attached hydrogen (secondary N) is 1. The van der Waals surface area contributed by atoms with E-state index in [0.29, 0.717) is 0 Å². The summed E-state index contributed by atoms with van der Waals surface area (Å²) >= 11 is 0. The lowest BCUT2D eigenvalue weighted by Gasteiger charge is -2.18. The topological polar surface area (TPSA) is 67.3 Å². The molecule has 5 N–H and O–H groups in total. The van der Waals surface area contributed by atoms with Crippen LogP contribution < -0.4 is 21.7 Å². The zero-order chi connectivity index (χ0) is 15.4. The number of nitrogens with zero attached hydrogens (tertiary/aromatic N) is 1. The number of hydrogen-bond acceptors (Lipinski definition) is 4. The van der Waals surface area contributed by atoms with Crippen LogP contribution in [0.5, 0.6) is 0 Å². The Kier molecular flexibility index (Phi) is 6.53. The van der Waals surface area contributed by atoms with Crippen molar-refractivity contribution in [2.45, 2.75) is 19.5 Å². The zero-order valence-corrected chi connectivity index (χ0v) is 14.2. The fourth-order valence-electron chi connectivity index (χ4n) is 2.26. The first-order valence-corrected chi connectivity index (χ1v) is 7.12. The highest BCUT2D eigenvalue weighted by molar-refractivity contribution is 5.85. The molecule has 0 saturated heterocycles. The molecule has 0 aliphatic rings. The van der Waals surface area contributed by atoms with Crippen molar-refractivity contribution in [1.29, 1.82) is 0 Å². The minimum Gasteiger partial charge on any atom is -0.399 e. The largest absolute Gasteiger partial charge is 0.399 e. The van der Waals surface area contributed by atoms with Crippen molar-refractivity contribution in [3.63, 3.8) is 0 Å². The second-order valence-corrected chi connectivity index (χ2v) is 5.55. The van der Waals surface area contributed by atoms with Crippen molar-refractivity contribution in [3.8, 4) is 0 Å². The molecule has 0 aromatic heterocycles. The van der Waals surface area contributed by atoms with Crippen molar-refractivity contribution < 1.29 is 0 Å². The molecule has 0 amide bonds. The SMILES string of the molecule is CC(NCc1ccc(N(C)C)cc1)c1cc(N)ccc1N.Cl. The first kappa shape index (κ1) is 18.1. The number of nitrogens with two attached hydrogens (primary N) is 2. The van der Waals surface area contributed by atoms with Crippen molar-refractivity contribution in [3.05, 3.63) is 53.6 Å². The Hall–Kier alpha value is -1.91. The Morgan fingerprint density at radius 3 is 2.27 bits per heavy atom. The normalized spacial score (nSPS) is 11.6. The highest BCUT2D eigenvalue weighted by atomic mass is 35.5. The summed E-state index contributed by atoms with van der Waals surface area (Å²) in [5.41, 5.74) is 16.8. The monoisotopic (exact) mass is 320 g/mol. The van der Waals surface area contributed by atoms with Gasteiger partial charge in [-0.2, -0.15) is 0 Å². The van der Waals surface area contributed by atoms with E-state index in [0.717, 1.165) is 23.5 Å². The van der Waals surface area contributed by atoms with E-state index in [4.69, 9.17) is 11.5 Å². The van der Waals surface area contributed by atoms with Crippen LogP contribution in [0.1, 0.15) is 24.1 Å². The van der Waals surface area contributed by atoms with Gasteiger partial charge in [0.1, 0.15) is 0 Å². The van der Waals surface area contributed by atoms with Crippen LogP contribution in [0.25, 0.3) is 0 Å². The molecular weight excluding hydrogens is 296 g/mol. The molecule has 0 bridgehead atoms. The van der Waals surface area contributed by atoms with Crippen molar-refractivity contribution >= 4 is 29.5 Å². The molecule has 2 aromatic rings.